The van der Waals surface area contributed by atoms with Crippen molar-refractivity contribution in [1.29, 1.82) is 0 Å². The molecule has 3 aromatic rings. The third-order valence-corrected chi connectivity index (χ3v) is 6.97. The normalized spacial score (nSPS) is 21.9. The van der Waals surface area contributed by atoms with Crippen LogP contribution in [0.15, 0.2) is 42.6 Å². The molecule has 1 saturated carbocycles. The van der Waals surface area contributed by atoms with Crippen molar-refractivity contribution in [3.05, 3.63) is 48.2 Å². The molecule has 1 amide bonds. The summed E-state index contributed by atoms with van der Waals surface area (Å²) in [4.78, 5) is 21.8. The number of pyridine rings is 1. The van der Waals surface area contributed by atoms with E-state index in [0.717, 1.165) is 41.9 Å². The van der Waals surface area contributed by atoms with Crippen LogP contribution >= 0.6 is 11.3 Å². The number of piperidine rings is 1. The molecule has 5 rings (SSSR count). The number of fused-ring (bicyclic) bond motifs is 1. The molecule has 7 nitrogen and oxygen atoms in total. The van der Waals surface area contributed by atoms with Gasteiger partial charge in [-0.25, -0.2) is 14.8 Å². The summed E-state index contributed by atoms with van der Waals surface area (Å²) in [5.74, 6) is 0.996. The summed E-state index contributed by atoms with van der Waals surface area (Å²) < 4.78 is 7.43. The van der Waals surface area contributed by atoms with Gasteiger partial charge in [-0.3, -0.25) is 0 Å². The van der Waals surface area contributed by atoms with Crippen LogP contribution in [-0.2, 0) is 0 Å². The SMILES string of the molecule is O=C(O)N1CCC(c2cccnc2OC2CC(Nc3nc4ccccc4s3)C2)CC1. The van der Waals surface area contributed by atoms with Crippen molar-refractivity contribution in [2.45, 2.75) is 43.7 Å². The highest BCUT2D eigenvalue weighted by atomic mass is 32.1. The quantitative estimate of drug-likeness (QED) is 0.624. The Hall–Kier alpha value is -2.87. The van der Waals surface area contributed by atoms with Crippen LogP contribution in [0.4, 0.5) is 9.93 Å². The Bertz CT molecular complexity index is 1010. The van der Waals surface area contributed by atoms with E-state index in [0.29, 0.717) is 30.9 Å². The number of hydrogen-bond donors (Lipinski definition) is 2. The topological polar surface area (TPSA) is 87.6 Å². The minimum atomic E-state index is -0.836. The number of para-hydroxylation sites is 1. The van der Waals surface area contributed by atoms with E-state index >= 15 is 0 Å². The largest absolute Gasteiger partial charge is 0.474 e. The molecule has 0 radical (unpaired) electrons. The van der Waals surface area contributed by atoms with Crippen molar-refractivity contribution >= 4 is 32.8 Å². The van der Waals surface area contributed by atoms with Crippen LogP contribution in [0.1, 0.15) is 37.2 Å². The standard InChI is InChI=1S/C22H24N4O3S/c27-22(28)26-10-7-14(8-11-26)17-4-3-9-23-20(17)29-16-12-15(13-16)24-21-25-18-5-1-2-6-19(18)30-21/h1-6,9,14-16H,7-8,10-13H2,(H,24,25)(H,27,28). The van der Waals surface area contributed by atoms with Crippen LogP contribution in [0.5, 0.6) is 5.88 Å². The molecule has 1 aromatic carbocycles. The highest BCUT2D eigenvalue weighted by molar-refractivity contribution is 7.22. The molecule has 0 atom stereocenters. The molecule has 1 aliphatic heterocycles. The Morgan fingerprint density at radius 2 is 1.97 bits per heavy atom. The number of likely N-dealkylation sites (tertiary alicyclic amines) is 1. The zero-order valence-corrected chi connectivity index (χ0v) is 17.3. The van der Waals surface area contributed by atoms with Crippen molar-refractivity contribution in [3.63, 3.8) is 0 Å². The van der Waals surface area contributed by atoms with E-state index in [-0.39, 0.29) is 6.10 Å². The summed E-state index contributed by atoms with van der Waals surface area (Å²) in [5.41, 5.74) is 2.13. The Morgan fingerprint density at radius 3 is 2.73 bits per heavy atom. The van der Waals surface area contributed by atoms with Crippen LogP contribution in [0.3, 0.4) is 0 Å². The Balaban J connectivity index is 1.17. The number of benzene rings is 1. The molecule has 2 N–H and O–H groups in total. The number of thiazole rings is 1. The number of hydrogen-bond acceptors (Lipinski definition) is 6. The third kappa shape index (κ3) is 3.92. The lowest BCUT2D eigenvalue weighted by Gasteiger charge is -2.36. The summed E-state index contributed by atoms with van der Waals surface area (Å²) in [6.45, 7) is 1.12. The molecule has 8 heteroatoms. The lowest BCUT2D eigenvalue weighted by Crippen LogP contribution is -2.43. The first-order chi connectivity index (χ1) is 14.7. The second kappa shape index (κ2) is 8.10. The van der Waals surface area contributed by atoms with E-state index in [9.17, 15) is 4.79 Å². The number of rotatable bonds is 5. The summed E-state index contributed by atoms with van der Waals surface area (Å²) in [6, 6.07) is 12.5. The average molecular weight is 425 g/mol. The highest BCUT2D eigenvalue weighted by Crippen LogP contribution is 2.36. The van der Waals surface area contributed by atoms with Crippen LogP contribution in [-0.4, -0.2) is 51.3 Å². The van der Waals surface area contributed by atoms with Gasteiger partial charge in [0.25, 0.3) is 0 Å². The maximum absolute atomic E-state index is 11.1. The molecule has 1 aliphatic carbocycles. The summed E-state index contributed by atoms with van der Waals surface area (Å²) in [7, 11) is 0. The first-order valence-electron chi connectivity index (χ1n) is 10.4. The number of amides is 1. The van der Waals surface area contributed by atoms with Gasteiger partial charge in [-0.1, -0.05) is 29.5 Å². The molecule has 0 bridgehead atoms. The van der Waals surface area contributed by atoms with Gasteiger partial charge < -0.3 is 20.1 Å². The minimum absolute atomic E-state index is 0.143. The maximum Gasteiger partial charge on any atom is 0.407 e. The Labute approximate surface area is 178 Å². The molecule has 2 fully saturated rings. The fourth-order valence-electron chi connectivity index (χ4n) is 4.24. The number of carboxylic acid groups (broad SMARTS) is 1. The lowest BCUT2D eigenvalue weighted by atomic mass is 9.88. The van der Waals surface area contributed by atoms with Gasteiger partial charge in [0.15, 0.2) is 5.13 Å². The zero-order chi connectivity index (χ0) is 20.5. The minimum Gasteiger partial charge on any atom is -0.474 e. The van der Waals surface area contributed by atoms with Gasteiger partial charge in [-0.05, 0) is 37.0 Å². The number of nitrogens with zero attached hydrogens (tertiary/aromatic N) is 3. The van der Waals surface area contributed by atoms with E-state index in [1.807, 2.05) is 24.3 Å². The number of nitrogens with one attached hydrogen (secondary N) is 1. The van der Waals surface area contributed by atoms with E-state index in [1.54, 1.807) is 17.5 Å². The second-order valence-corrected chi connectivity index (χ2v) is 9.01. The van der Waals surface area contributed by atoms with E-state index in [4.69, 9.17) is 9.84 Å². The molecule has 2 aliphatic rings. The van der Waals surface area contributed by atoms with Crippen LogP contribution in [0.25, 0.3) is 10.2 Å². The summed E-state index contributed by atoms with van der Waals surface area (Å²) >= 11 is 1.68. The van der Waals surface area contributed by atoms with Gasteiger partial charge in [0, 0.05) is 43.7 Å². The monoisotopic (exact) mass is 424 g/mol. The molecule has 0 spiro atoms. The number of anilines is 1. The number of carbonyl (C=O) groups is 1. The van der Waals surface area contributed by atoms with Gasteiger partial charge in [0.2, 0.25) is 5.88 Å². The first-order valence-corrected chi connectivity index (χ1v) is 11.2. The zero-order valence-electron chi connectivity index (χ0n) is 16.5. The van der Waals surface area contributed by atoms with Gasteiger partial charge in [-0.15, -0.1) is 0 Å². The molecule has 1 saturated heterocycles. The highest BCUT2D eigenvalue weighted by Gasteiger charge is 2.33. The smallest absolute Gasteiger partial charge is 0.407 e. The van der Waals surface area contributed by atoms with Crippen molar-refractivity contribution < 1.29 is 14.6 Å². The Kier molecular flexibility index (Phi) is 5.16. The van der Waals surface area contributed by atoms with Gasteiger partial charge in [0.05, 0.1) is 10.2 Å². The number of aromatic nitrogens is 2. The first kappa shape index (κ1) is 19.1. The molecular formula is C22H24N4O3S. The molecule has 30 heavy (non-hydrogen) atoms. The van der Waals surface area contributed by atoms with Crippen molar-refractivity contribution in [1.82, 2.24) is 14.9 Å². The van der Waals surface area contributed by atoms with Crippen molar-refractivity contribution in [2.75, 3.05) is 18.4 Å². The van der Waals surface area contributed by atoms with E-state index in [2.05, 4.69) is 27.4 Å². The molecule has 3 heterocycles. The Morgan fingerprint density at radius 1 is 1.17 bits per heavy atom. The van der Waals surface area contributed by atoms with E-state index < -0.39 is 6.09 Å². The summed E-state index contributed by atoms with van der Waals surface area (Å²) in [5, 5.41) is 13.6. The molecule has 2 aromatic heterocycles. The van der Waals surface area contributed by atoms with Gasteiger partial charge >= 0.3 is 6.09 Å². The molecule has 0 unspecified atom stereocenters. The maximum atomic E-state index is 11.1. The predicted octanol–water partition coefficient (Wildman–Crippen LogP) is 4.57. The fourth-order valence-corrected chi connectivity index (χ4v) is 5.18. The lowest BCUT2D eigenvalue weighted by molar-refractivity contribution is 0.0995. The van der Waals surface area contributed by atoms with Crippen molar-refractivity contribution in [3.8, 4) is 5.88 Å². The summed E-state index contributed by atoms with van der Waals surface area (Å²) in [6.07, 6.45) is 4.52. The molecule has 156 valence electrons. The predicted molar refractivity (Wildman–Crippen MR) is 116 cm³/mol. The van der Waals surface area contributed by atoms with E-state index in [1.165, 1.54) is 9.60 Å². The fraction of sp³-hybridized carbons (Fsp3) is 0.409. The average Bonchev–Trinajstić information content (AvgIpc) is 3.15. The second-order valence-electron chi connectivity index (χ2n) is 7.98. The van der Waals surface area contributed by atoms with Crippen LogP contribution < -0.4 is 10.1 Å². The third-order valence-electron chi connectivity index (χ3n) is 6.00. The molecular weight excluding hydrogens is 400 g/mol. The number of ether oxygens (including phenoxy) is 1. The van der Waals surface area contributed by atoms with Gasteiger partial charge in [0.1, 0.15) is 6.10 Å². The van der Waals surface area contributed by atoms with Crippen molar-refractivity contribution in [2.24, 2.45) is 0 Å². The van der Waals surface area contributed by atoms with Gasteiger partial charge in [-0.2, -0.15) is 0 Å². The van der Waals surface area contributed by atoms with Crippen LogP contribution in [0.2, 0.25) is 0 Å². The van der Waals surface area contributed by atoms with Crippen LogP contribution in [0, 0.1) is 0 Å².